The third kappa shape index (κ3) is 4.35. The maximum Gasteiger partial charge on any atom is 0.128 e. The number of thiophene rings is 1. The van der Waals surface area contributed by atoms with Crippen molar-refractivity contribution in [1.82, 2.24) is 4.98 Å². The Labute approximate surface area is 150 Å². The lowest BCUT2D eigenvalue weighted by molar-refractivity contribution is 0.106. The number of aromatic nitrogens is 1. The molecule has 0 aliphatic heterocycles. The van der Waals surface area contributed by atoms with Gasteiger partial charge < -0.3 is 9.84 Å². The summed E-state index contributed by atoms with van der Waals surface area (Å²) < 4.78 is 6.86. The summed E-state index contributed by atoms with van der Waals surface area (Å²) >= 11 is 7.54. The molecule has 3 aromatic rings. The number of hydrogen-bond acceptors (Lipinski definition) is 4. The third-order valence-corrected chi connectivity index (χ3v) is 4.88. The molecule has 124 valence electrons. The van der Waals surface area contributed by atoms with E-state index in [4.69, 9.17) is 16.3 Å². The second-order valence-corrected chi connectivity index (χ2v) is 7.32. The summed E-state index contributed by atoms with van der Waals surface area (Å²) in [6.07, 6.45) is 3.32. The molecular weight excluding hydrogens is 342 g/mol. The molecule has 3 nitrogen and oxygen atoms in total. The number of ether oxygens (including phenoxy) is 1. The molecule has 2 atom stereocenters. The Morgan fingerprint density at radius 1 is 1.17 bits per heavy atom. The van der Waals surface area contributed by atoms with Crippen LogP contribution in [0, 0.1) is 0 Å². The predicted octanol–water partition coefficient (Wildman–Crippen LogP) is 5.35. The first kappa shape index (κ1) is 17.0. The van der Waals surface area contributed by atoms with Crippen molar-refractivity contribution in [3.63, 3.8) is 0 Å². The minimum atomic E-state index is -0.456. The van der Waals surface area contributed by atoms with E-state index in [1.165, 1.54) is 0 Å². The summed E-state index contributed by atoms with van der Waals surface area (Å²) in [6.45, 7) is 1.76. The molecule has 0 amide bonds. The minimum absolute atomic E-state index is 0.235. The molecule has 0 bridgehead atoms. The van der Waals surface area contributed by atoms with E-state index in [9.17, 15) is 5.11 Å². The molecule has 0 saturated heterocycles. The maximum atomic E-state index is 9.75. The number of aliphatic hydroxyl groups excluding tert-OH is 1. The van der Waals surface area contributed by atoms with E-state index < -0.39 is 6.10 Å². The maximum absolute atomic E-state index is 9.75. The quantitative estimate of drug-likeness (QED) is 0.644. The summed E-state index contributed by atoms with van der Waals surface area (Å²) in [5, 5.41) is 9.75. The topological polar surface area (TPSA) is 42.4 Å². The fourth-order valence-corrected chi connectivity index (χ4v) is 3.51. The highest BCUT2D eigenvalue weighted by molar-refractivity contribution is 7.19. The Morgan fingerprint density at radius 3 is 2.54 bits per heavy atom. The Balaban J connectivity index is 1.77. The normalized spacial score (nSPS) is 13.5. The highest BCUT2D eigenvalue weighted by Crippen LogP contribution is 2.33. The van der Waals surface area contributed by atoms with Crippen molar-refractivity contribution in [3.05, 3.63) is 70.8 Å². The number of benzene rings is 1. The number of aliphatic hydroxyl groups is 1. The van der Waals surface area contributed by atoms with Crippen LogP contribution >= 0.6 is 22.9 Å². The zero-order chi connectivity index (χ0) is 16.9. The molecule has 2 heterocycles. The summed E-state index contributed by atoms with van der Waals surface area (Å²) in [4.78, 5) is 5.26. The van der Waals surface area contributed by atoms with Gasteiger partial charge in [-0.3, -0.25) is 4.98 Å². The molecule has 0 fully saturated rings. The van der Waals surface area contributed by atoms with Gasteiger partial charge in [-0.15, -0.1) is 11.3 Å². The summed E-state index contributed by atoms with van der Waals surface area (Å²) in [5.41, 5.74) is 2.06. The minimum Gasteiger partial charge on any atom is -0.486 e. The van der Waals surface area contributed by atoms with Gasteiger partial charge in [0, 0.05) is 29.3 Å². The number of rotatable bonds is 6. The lowest BCUT2D eigenvalue weighted by Crippen LogP contribution is -2.14. The van der Waals surface area contributed by atoms with Gasteiger partial charge in [0.05, 0.1) is 10.4 Å². The van der Waals surface area contributed by atoms with Crippen LogP contribution in [0.5, 0.6) is 5.75 Å². The van der Waals surface area contributed by atoms with E-state index in [2.05, 4.69) is 4.98 Å². The van der Waals surface area contributed by atoms with Gasteiger partial charge in [0.25, 0.3) is 0 Å². The van der Waals surface area contributed by atoms with Crippen LogP contribution in [0.2, 0.25) is 4.34 Å². The first-order chi connectivity index (χ1) is 11.6. The Hall–Kier alpha value is -1.88. The molecule has 2 aromatic heterocycles. The van der Waals surface area contributed by atoms with Crippen molar-refractivity contribution in [2.75, 3.05) is 0 Å². The van der Waals surface area contributed by atoms with Crippen LogP contribution in [-0.2, 0) is 0 Å². The van der Waals surface area contributed by atoms with E-state index in [0.29, 0.717) is 6.42 Å². The van der Waals surface area contributed by atoms with Crippen molar-refractivity contribution in [1.29, 1.82) is 0 Å². The molecule has 1 aromatic carbocycles. The van der Waals surface area contributed by atoms with Crippen molar-refractivity contribution < 1.29 is 9.84 Å². The van der Waals surface area contributed by atoms with Gasteiger partial charge in [0.1, 0.15) is 11.9 Å². The molecule has 3 rings (SSSR count). The van der Waals surface area contributed by atoms with Gasteiger partial charge in [-0.2, -0.15) is 0 Å². The largest absolute Gasteiger partial charge is 0.486 e. The second kappa shape index (κ2) is 7.79. The first-order valence-electron chi connectivity index (χ1n) is 7.72. The van der Waals surface area contributed by atoms with Crippen LogP contribution in [0.1, 0.15) is 25.0 Å². The van der Waals surface area contributed by atoms with E-state index in [-0.39, 0.29) is 6.10 Å². The van der Waals surface area contributed by atoms with Gasteiger partial charge in [-0.05, 0) is 55.0 Å². The predicted molar refractivity (Wildman–Crippen MR) is 98.7 cm³/mol. The van der Waals surface area contributed by atoms with Gasteiger partial charge >= 0.3 is 0 Å². The van der Waals surface area contributed by atoms with E-state index in [1.54, 1.807) is 30.7 Å². The zero-order valence-corrected chi connectivity index (χ0v) is 14.8. The number of hydrogen-bond donors (Lipinski definition) is 1. The summed E-state index contributed by atoms with van der Waals surface area (Å²) in [5.74, 6) is 0.760. The Bertz CT molecular complexity index is 772. The first-order valence-corrected chi connectivity index (χ1v) is 8.91. The molecule has 5 heteroatoms. The molecule has 24 heavy (non-hydrogen) atoms. The fourth-order valence-electron chi connectivity index (χ4n) is 2.46. The number of pyridine rings is 1. The number of nitrogens with zero attached hydrogens (tertiary/aromatic N) is 1. The van der Waals surface area contributed by atoms with Gasteiger partial charge in [0.2, 0.25) is 0 Å². The summed E-state index contributed by atoms with van der Waals surface area (Å²) in [6, 6.07) is 15.6. The van der Waals surface area contributed by atoms with Crippen molar-refractivity contribution in [2.45, 2.75) is 25.6 Å². The van der Waals surface area contributed by atoms with E-state index in [1.807, 2.05) is 48.5 Å². The molecule has 0 spiro atoms. The van der Waals surface area contributed by atoms with Crippen LogP contribution in [0.3, 0.4) is 0 Å². The average molecular weight is 360 g/mol. The van der Waals surface area contributed by atoms with Gasteiger partial charge in [0.15, 0.2) is 0 Å². The van der Waals surface area contributed by atoms with Gasteiger partial charge in [-0.1, -0.05) is 17.7 Å². The zero-order valence-electron chi connectivity index (χ0n) is 13.2. The molecular formula is C19H18ClNO2S. The van der Waals surface area contributed by atoms with Gasteiger partial charge in [-0.25, -0.2) is 0 Å². The molecule has 1 unspecified atom stereocenters. The van der Waals surface area contributed by atoms with Crippen LogP contribution in [0.25, 0.3) is 10.4 Å². The SMILES string of the molecule is C[C@@H](O)CC(Oc1ccc(-c2ccc(Cl)s2)cc1)c1cccnc1. The van der Waals surface area contributed by atoms with E-state index >= 15 is 0 Å². The highest BCUT2D eigenvalue weighted by atomic mass is 35.5. The summed E-state index contributed by atoms with van der Waals surface area (Å²) in [7, 11) is 0. The standard InChI is InChI=1S/C19H18ClNO2S/c1-13(22)11-17(15-3-2-10-21-12-15)23-16-6-4-14(5-7-16)18-8-9-19(20)24-18/h2-10,12-13,17,22H,11H2,1H3/t13-,17?/m1/s1. The Morgan fingerprint density at radius 2 is 1.96 bits per heavy atom. The molecule has 0 aliphatic carbocycles. The van der Waals surface area contributed by atoms with Crippen LogP contribution in [-0.4, -0.2) is 16.2 Å². The fraction of sp³-hybridized carbons (Fsp3) is 0.211. The van der Waals surface area contributed by atoms with Crippen molar-refractivity contribution in [2.24, 2.45) is 0 Å². The van der Waals surface area contributed by atoms with Crippen LogP contribution in [0.15, 0.2) is 60.9 Å². The van der Waals surface area contributed by atoms with Crippen molar-refractivity contribution >= 4 is 22.9 Å². The third-order valence-electron chi connectivity index (χ3n) is 3.60. The lowest BCUT2D eigenvalue weighted by Gasteiger charge is -2.20. The Kier molecular flexibility index (Phi) is 5.51. The second-order valence-electron chi connectivity index (χ2n) is 5.61. The monoisotopic (exact) mass is 359 g/mol. The number of halogens is 1. The molecule has 1 N–H and O–H groups in total. The van der Waals surface area contributed by atoms with E-state index in [0.717, 1.165) is 26.1 Å². The van der Waals surface area contributed by atoms with Crippen LogP contribution < -0.4 is 4.74 Å². The highest BCUT2D eigenvalue weighted by Gasteiger charge is 2.16. The smallest absolute Gasteiger partial charge is 0.128 e. The van der Waals surface area contributed by atoms with Crippen LogP contribution in [0.4, 0.5) is 0 Å². The average Bonchev–Trinajstić information content (AvgIpc) is 3.02. The molecule has 0 radical (unpaired) electrons. The van der Waals surface area contributed by atoms with Crippen molar-refractivity contribution in [3.8, 4) is 16.2 Å². The lowest BCUT2D eigenvalue weighted by atomic mass is 10.1. The molecule has 0 aliphatic rings. The molecule has 0 saturated carbocycles.